The molecule has 0 saturated carbocycles. The molecule has 0 atom stereocenters. The molecule has 0 bridgehead atoms. The first-order valence-electron chi connectivity index (χ1n) is 4.95. The van der Waals surface area contributed by atoms with Gasteiger partial charge in [-0.05, 0) is 13.0 Å². The van der Waals surface area contributed by atoms with Crippen LogP contribution >= 0.6 is 0 Å². The average molecular weight is 218 g/mol. The predicted molar refractivity (Wildman–Crippen MR) is 57.5 cm³/mol. The van der Waals surface area contributed by atoms with Gasteiger partial charge in [0.2, 0.25) is 5.76 Å². The van der Waals surface area contributed by atoms with Crippen LogP contribution in [0.1, 0.15) is 21.9 Å². The van der Waals surface area contributed by atoms with E-state index >= 15 is 0 Å². The number of aromatic amines is 1. The van der Waals surface area contributed by atoms with Crippen LogP contribution in [-0.4, -0.2) is 16.1 Å². The fourth-order valence-electron chi connectivity index (χ4n) is 2.00. The molecule has 82 valence electrons. The molecular formula is C11H10N2O3. The second kappa shape index (κ2) is 2.91. The highest BCUT2D eigenvalue weighted by atomic mass is 16.4. The van der Waals surface area contributed by atoms with E-state index in [2.05, 4.69) is 10.3 Å². The highest BCUT2D eigenvalue weighted by Crippen LogP contribution is 2.38. The highest BCUT2D eigenvalue weighted by molar-refractivity contribution is 5.90. The summed E-state index contributed by atoms with van der Waals surface area (Å²) in [4.78, 5) is 14.0. The second-order valence-corrected chi connectivity index (χ2v) is 3.86. The highest BCUT2D eigenvalue weighted by Gasteiger charge is 2.24. The van der Waals surface area contributed by atoms with E-state index in [9.17, 15) is 4.79 Å². The number of carboxylic acid groups (broad SMARTS) is 1. The number of anilines is 1. The molecule has 0 aliphatic carbocycles. The second-order valence-electron chi connectivity index (χ2n) is 3.86. The van der Waals surface area contributed by atoms with E-state index in [1.807, 2.05) is 13.0 Å². The first-order valence-corrected chi connectivity index (χ1v) is 4.95. The monoisotopic (exact) mass is 218 g/mol. The zero-order chi connectivity index (χ0) is 11.3. The summed E-state index contributed by atoms with van der Waals surface area (Å²) in [7, 11) is 0. The predicted octanol–water partition coefficient (Wildman–Crippen LogP) is 2.21. The molecule has 2 aromatic rings. The van der Waals surface area contributed by atoms with Crippen molar-refractivity contribution < 1.29 is 14.3 Å². The Morgan fingerprint density at radius 3 is 3.06 bits per heavy atom. The molecule has 5 nitrogen and oxygen atoms in total. The third kappa shape index (κ3) is 1.14. The van der Waals surface area contributed by atoms with Crippen molar-refractivity contribution in [1.29, 1.82) is 0 Å². The third-order valence-corrected chi connectivity index (χ3v) is 2.68. The molecule has 0 spiro atoms. The molecule has 0 fully saturated rings. The van der Waals surface area contributed by atoms with Crippen molar-refractivity contribution in [2.24, 2.45) is 0 Å². The quantitative estimate of drug-likeness (QED) is 0.685. The maximum Gasteiger partial charge on any atom is 0.371 e. The zero-order valence-electron chi connectivity index (χ0n) is 8.63. The largest absolute Gasteiger partial charge is 0.475 e. The molecule has 0 saturated heterocycles. The fourth-order valence-corrected chi connectivity index (χ4v) is 2.00. The van der Waals surface area contributed by atoms with Gasteiger partial charge in [-0.1, -0.05) is 0 Å². The van der Waals surface area contributed by atoms with Crippen LogP contribution in [0, 0.1) is 6.92 Å². The van der Waals surface area contributed by atoms with Crippen LogP contribution in [0.2, 0.25) is 0 Å². The summed E-state index contributed by atoms with van der Waals surface area (Å²) in [5.74, 6) is -0.489. The normalized spacial score (nSPS) is 12.8. The third-order valence-electron chi connectivity index (χ3n) is 2.68. The van der Waals surface area contributed by atoms with Crippen molar-refractivity contribution in [1.82, 2.24) is 4.98 Å². The van der Waals surface area contributed by atoms with Crippen LogP contribution in [0.3, 0.4) is 0 Å². The van der Waals surface area contributed by atoms with Crippen LogP contribution in [0.25, 0.3) is 11.3 Å². The zero-order valence-corrected chi connectivity index (χ0v) is 8.63. The molecule has 2 aromatic heterocycles. The Labute approximate surface area is 91.1 Å². The number of rotatable bonds is 1. The minimum Gasteiger partial charge on any atom is -0.475 e. The van der Waals surface area contributed by atoms with Crippen molar-refractivity contribution in [3.63, 3.8) is 0 Å². The van der Waals surface area contributed by atoms with Gasteiger partial charge in [-0.25, -0.2) is 4.79 Å². The first kappa shape index (κ1) is 9.08. The Morgan fingerprint density at radius 2 is 2.31 bits per heavy atom. The van der Waals surface area contributed by atoms with E-state index in [1.54, 1.807) is 0 Å². The molecule has 5 heteroatoms. The van der Waals surface area contributed by atoms with Crippen LogP contribution in [0.4, 0.5) is 5.69 Å². The van der Waals surface area contributed by atoms with Gasteiger partial charge in [-0.15, -0.1) is 0 Å². The summed E-state index contributed by atoms with van der Waals surface area (Å²) in [6, 6.07) is 3.48. The number of fused-ring (bicyclic) bond motifs is 3. The van der Waals surface area contributed by atoms with Crippen molar-refractivity contribution in [2.75, 3.05) is 5.32 Å². The number of aromatic carboxylic acids is 1. The van der Waals surface area contributed by atoms with Crippen molar-refractivity contribution >= 4 is 11.7 Å². The van der Waals surface area contributed by atoms with Gasteiger partial charge >= 0.3 is 5.97 Å². The van der Waals surface area contributed by atoms with Gasteiger partial charge in [0, 0.05) is 23.0 Å². The lowest BCUT2D eigenvalue weighted by molar-refractivity contribution is 0.0663. The Bertz CT molecular complexity index is 580. The lowest BCUT2D eigenvalue weighted by atomic mass is 10.1. The number of carbonyl (C=O) groups is 1. The lowest BCUT2D eigenvalue weighted by Gasteiger charge is -2.12. The Kier molecular flexibility index (Phi) is 1.65. The van der Waals surface area contributed by atoms with Crippen molar-refractivity contribution in [3.05, 3.63) is 29.3 Å². The van der Waals surface area contributed by atoms with Crippen LogP contribution in [0.15, 0.2) is 16.5 Å². The number of hydrogen-bond acceptors (Lipinski definition) is 3. The summed E-state index contributed by atoms with van der Waals surface area (Å²) in [5, 5.41) is 12.0. The number of aryl methyl sites for hydroxylation is 1. The van der Waals surface area contributed by atoms with Gasteiger partial charge in [0.25, 0.3) is 0 Å². The number of furan rings is 1. The van der Waals surface area contributed by atoms with E-state index < -0.39 is 5.97 Å². The summed E-state index contributed by atoms with van der Waals surface area (Å²) in [6.45, 7) is 2.62. The molecular weight excluding hydrogens is 208 g/mol. The van der Waals surface area contributed by atoms with E-state index in [0.717, 1.165) is 22.6 Å². The summed E-state index contributed by atoms with van der Waals surface area (Å²) < 4.78 is 5.33. The van der Waals surface area contributed by atoms with Crippen LogP contribution < -0.4 is 5.32 Å². The van der Waals surface area contributed by atoms with Crippen molar-refractivity contribution in [2.45, 2.75) is 13.5 Å². The molecule has 3 heterocycles. The Morgan fingerprint density at radius 1 is 1.50 bits per heavy atom. The minimum absolute atomic E-state index is 0.0378. The molecule has 1 aliphatic rings. The Balaban J connectivity index is 2.19. The van der Waals surface area contributed by atoms with Gasteiger partial charge in [-0.2, -0.15) is 0 Å². The van der Waals surface area contributed by atoms with Gasteiger partial charge in [0.15, 0.2) is 5.76 Å². The standard InChI is InChI=1S/C11H10N2O3/c1-5-2-6-8(13-5)4-12-7-3-9(11(14)15)16-10(6)7/h2-3,12-13H,4H2,1H3,(H,14,15). The average Bonchev–Trinajstić information content (AvgIpc) is 2.77. The smallest absolute Gasteiger partial charge is 0.371 e. The molecule has 3 rings (SSSR count). The van der Waals surface area contributed by atoms with E-state index in [4.69, 9.17) is 9.52 Å². The SMILES string of the molecule is Cc1cc2c([nH]1)CNc1cc(C(=O)O)oc1-2. The minimum atomic E-state index is -1.05. The maximum atomic E-state index is 10.8. The summed E-state index contributed by atoms with van der Waals surface area (Å²) in [6.07, 6.45) is 0. The van der Waals surface area contributed by atoms with Crippen LogP contribution in [-0.2, 0) is 6.54 Å². The molecule has 0 aromatic carbocycles. The lowest BCUT2D eigenvalue weighted by Crippen LogP contribution is -2.05. The molecule has 0 radical (unpaired) electrons. The summed E-state index contributed by atoms with van der Waals surface area (Å²) in [5.41, 5.74) is 3.74. The number of aromatic nitrogens is 1. The molecule has 1 aliphatic heterocycles. The van der Waals surface area contributed by atoms with Gasteiger partial charge < -0.3 is 19.8 Å². The number of hydrogen-bond donors (Lipinski definition) is 3. The number of carboxylic acids is 1. The Hall–Kier alpha value is -2.17. The topological polar surface area (TPSA) is 78.3 Å². The van der Waals surface area contributed by atoms with E-state index in [1.165, 1.54) is 6.07 Å². The van der Waals surface area contributed by atoms with Gasteiger partial charge in [0.1, 0.15) is 0 Å². The number of nitrogens with one attached hydrogen (secondary N) is 2. The first-order chi connectivity index (χ1) is 7.65. The summed E-state index contributed by atoms with van der Waals surface area (Å²) >= 11 is 0. The molecule has 3 N–H and O–H groups in total. The molecule has 0 unspecified atom stereocenters. The van der Waals surface area contributed by atoms with Gasteiger partial charge in [0.05, 0.1) is 12.2 Å². The van der Waals surface area contributed by atoms with Crippen molar-refractivity contribution in [3.8, 4) is 11.3 Å². The van der Waals surface area contributed by atoms with Gasteiger partial charge in [-0.3, -0.25) is 0 Å². The maximum absolute atomic E-state index is 10.8. The van der Waals surface area contributed by atoms with Crippen LogP contribution in [0.5, 0.6) is 0 Å². The molecule has 16 heavy (non-hydrogen) atoms. The fraction of sp³-hybridized carbons (Fsp3) is 0.182. The van der Waals surface area contributed by atoms with E-state index in [-0.39, 0.29) is 5.76 Å². The van der Waals surface area contributed by atoms with E-state index in [0.29, 0.717) is 12.3 Å². The molecule has 0 amide bonds. The number of H-pyrrole nitrogens is 1.